The predicted molar refractivity (Wildman–Crippen MR) is 131 cm³/mol. The van der Waals surface area contributed by atoms with Gasteiger partial charge in [-0.25, -0.2) is 4.98 Å². The molecular formula is C29H26N2O4. The molecule has 2 aromatic carbocycles. The molecule has 6 heteroatoms. The van der Waals surface area contributed by atoms with Crippen molar-refractivity contribution in [1.82, 2.24) is 4.98 Å². The van der Waals surface area contributed by atoms with Crippen LogP contribution in [0.1, 0.15) is 42.9 Å². The van der Waals surface area contributed by atoms with Crippen molar-refractivity contribution < 1.29 is 19.1 Å². The van der Waals surface area contributed by atoms with Crippen molar-refractivity contribution in [3.8, 4) is 5.75 Å². The second kappa shape index (κ2) is 9.02. The first-order valence-corrected chi connectivity index (χ1v) is 12.2. The summed E-state index contributed by atoms with van der Waals surface area (Å²) in [4.78, 5) is 33.3. The Balaban J connectivity index is 1.35. The van der Waals surface area contributed by atoms with Crippen molar-refractivity contribution in [3.63, 3.8) is 0 Å². The highest BCUT2D eigenvalue weighted by Gasteiger charge is 2.52. The molecule has 1 aliphatic carbocycles. The third-order valence-electron chi connectivity index (χ3n) is 7.10. The number of hydrogen-bond donors (Lipinski definition) is 0. The third-order valence-corrected chi connectivity index (χ3v) is 7.10. The molecule has 0 N–H and O–H groups in total. The summed E-state index contributed by atoms with van der Waals surface area (Å²) in [5.41, 5.74) is 2.37. The first-order chi connectivity index (χ1) is 17.2. The van der Waals surface area contributed by atoms with Crippen molar-refractivity contribution >= 4 is 17.5 Å². The number of nitrogens with zero attached hydrogens (tertiary/aromatic N) is 2. The number of aromatic nitrogens is 1. The number of rotatable bonds is 5. The fourth-order valence-electron chi connectivity index (χ4n) is 5.38. The number of amides is 1. The Morgan fingerprint density at radius 2 is 1.69 bits per heavy atom. The number of benzene rings is 2. The van der Waals surface area contributed by atoms with Gasteiger partial charge in [0, 0.05) is 6.20 Å². The Morgan fingerprint density at radius 1 is 0.914 bits per heavy atom. The monoisotopic (exact) mass is 466 g/mol. The molecule has 0 bridgehead atoms. The van der Waals surface area contributed by atoms with Gasteiger partial charge in [0.15, 0.2) is 11.5 Å². The second-order valence-electron chi connectivity index (χ2n) is 9.26. The smallest absolute Gasteiger partial charge is 0.295 e. The van der Waals surface area contributed by atoms with Crippen molar-refractivity contribution in [3.05, 3.63) is 101 Å². The Morgan fingerprint density at radius 3 is 2.46 bits per heavy atom. The maximum absolute atomic E-state index is 13.7. The topological polar surface area (TPSA) is 68.7 Å². The van der Waals surface area contributed by atoms with Crippen LogP contribution in [0.3, 0.4) is 0 Å². The normalized spacial score (nSPS) is 23.5. The molecule has 176 valence electrons. The van der Waals surface area contributed by atoms with Crippen LogP contribution in [0, 0.1) is 5.92 Å². The van der Waals surface area contributed by atoms with Crippen LogP contribution < -0.4 is 9.64 Å². The fraction of sp³-hybridized carbons (Fsp3) is 0.276. The summed E-state index contributed by atoms with van der Waals surface area (Å²) in [6.45, 7) is 0.465. The van der Waals surface area contributed by atoms with Crippen LogP contribution in [0.25, 0.3) is 0 Å². The van der Waals surface area contributed by atoms with Crippen molar-refractivity contribution in [2.45, 2.75) is 44.4 Å². The number of hydrogen-bond acceptors (Lipinski definition) is 5. The van der Waals surface area contributed by atoms with E-state index in [4.69, 9.17) is 9.47 Å². The van der Waals surface area contributed by atoms with Crippen LogP contribution in [0.5, 0.6) is 5.75 Å². The molecule has 2 aliphatic heterocycles. The third kappa shape index (κ3) is 3.89. The summed E-state index contributed by atoms with van der Waals surface area (Å²) in [7, 11) is 0. The van der Waals surface area contributed by atoms with Gasteiger partial charge in [0.25, 0.3) is 5.91 Å². The molecule has 1 amide bonds. The van der Waals surface area contributed by atoms with Crippen LogP contribution in [0.15, 0.2) is 90.3 Å². The van der Waals surface area contributed by atoms with Gasteiger partial charge in [0.05, 0.1) is 17.5 Å². The summed E-state index contributed by atoms with van der Waals surface area (Å²) in [6.07, 6.45) is 5.08. The number of Topliss-reactive ketones (excluding diaryl/α,β-unsaturated/α-hetero) is 1. The minimum absolute atomic E-state index is 0.0390. The first kappa shape index (κ1) is 21.6. The number of fused-ring (bicyclic) bond motifs is 1. The standard InChI is InChI=1S/C29H26N2O4/c32-27-22-10-4-5-11-23(22)35-28-25(27)26(31(29(28)33)24-12-6-7-17-30-24)20-13-15-21(16-14-20)34-18-19-8-2-1-3-9-19/h1-3,6-9,12-17,22-23,26H,4-5,10-11,18H2. The average molecular weight is 467 g/mol. The zero-order valence-corrected chi connectivity index (χ0v) is 19.3. The molecule has 6 nitrogen and oxygen atoms in total. The lowest BCUT2D eigenvalue weighted by Crippen LogP contribution is -2.39. The molecule has 0 spiro atoms. The molecule has 1 fully saturated rings. The predicted octanol–water partition coefficient (Wildman–Crippen LogP) is 5.16. The second-order valence-corrected chi connectivity index (χ2v) is 9.26. The molecule has 3 aromatic rings. The lowest BCUT2D eigenvalue weighted by atomic mass is 9.77. The highest BCUT2D eigenvalue weighted by atomic mass is 16.5. The van der Waals surface area contributed by atoms with E-state index < -0.39 is 6.04 Å². The van der Waals surface area contributed by atoms with Crippen LogP contribution in [-0.2, 0) is 20.9 Å². The summed E-state index contributed by atoms with van der Waals surface area (Å²) >= 11 is 0. The van der Waals surface area contributed by atoms with Crippen LogP contribution >= 0.6 is 0 Å². The van der Waals surface area contributed by atoms with Gasteiger partial charge in [-0.15, -0.1) is 0 Å². The molecule has 6 rings (SSSR count). The highest BCUT2D eigenvalue weighted by molar-refractivity contribution is 6.17. The number of ether oxygens (including phenoxy) is 2. The quantitative estimate of drug-likeness (QED) is 0.520. The molecule has 3 heterocycles. The number of carbonyl (C=O) groups excluding carboxylic acids is 2. The number of pyridine rings is 1. The molecular weight excluding hydrogens is 440 g/mol. The van der Waals surface area contributed by atoms with Crippen molar-refractivity contribution in [1.29, 1.82) is 0 Å². The van der Waals surface area contributed by atoms with Gasteiger partial charge in [0.1, 0.15) is 24.3 Å². The van der Waals surface area contributed by atoms with Gasteiger partial charge in [-0.05, 0) is 54.7 Å². The number of carbonyl (C=O) groups is 2. The van der Waals surface area contributed by atoms with E-state index in [1.165, 1.54) is 0 Å². The Hall–Kier alpha value is -3.93. The lowest BCUT2D eigenvalue weighted by molar-refractivity contribution is -0.131. The Labute approximate surface area is 204 Å². The highest BCUT2D eigenvalue weighted by Crippen LogP contribution is 2.48. The maximum Gasteiger partial charge on any atom is 0.295 e. The van der Waals surface area contributed by atoms with Crippen LogP contribution in [0.4, 0.5) is 5.82 Å². The van der Waals surface area contributed by atoms with E-state index in [2.05, 4.69) is 4.98 Å². The molecule has 3 atom stereocenters. The van der Waals surface area contributed by atoms with E-state index in [0.717, 1.165) is 42.6 Å². The van der Waals surface area contributed by atoms with Gasteiger partial charge >= 0.3 is 0 Å². The molecule has 0 radical (unpaired) electrons. The largest absolute Gasteiger partial charge is 0.489 e. The minimum atomic E-state index is -0.578. The summed E-state index contributed by atoms with van der Waals surface area (Å²) in [6, 6.07) is 22.4. The van der Waals surface area contributed by atoms with E-state index >= 15 is 0 Å². The molecule has 35 heavy (non-hydrogen) atoms. The van der Waals surface area contributed by atoms with Gasteiger partial charge in [0.2, 0.25) is 0 Å². The average Bonchev–Trinajstić information content (AvgIpc) is 3.21. The molecule has 1 aromatic heterocycles. The van der Waals surface area contributed by atoms with Crippen LogP contribution in [-0.4, -0.2) is 22.8 Å². The lowest BCUT2D eigenvalue weighted by Gasteiger charge is -2.35. The summed E-state index contributed by atoms with van der Waals surface area (Å²) in [5, 5.41) is 0. The number of ketones is 1. The number of anilines is 1. The van der Waals surface area contributed by atoms with Gasteiger partial charge in [-0.3, -0.25) is 14.5 Å². The first-order valence-electron chi connectivity index (χ1n) is 12.2. The SMILES string of the molecule is O=C1C2=C(OC3CCCCC13)C(=O)N(c1ccccn1)C2c1ccc(OCc2ccccc2)cc1. The summed E-state index contributed by atoms with van der Waals surface area (Å²) in [5.74, 6) is 0.968. The zero-order valence-electron chi connectivity index (χ0n) is 19.3. The van der Waals surface area contributed by atoms with Gasteiger partial charge in [-0.2, -0.15) is 0 Å². The summed E-state index contributed by atoms with van der Waals surface area (Å²) < 4.78 is 12.2. The maximum atomic E-state index is 13.7. The van der Waals surface area contributed by atoms with Gasteiger partial charge in [-0.1, -0.05) is 55.0 Å². The van der Waals surface area contributed by atoms with Crippen molar-refractivity contribution in [2.24, 2.45) is 5.92 Å². The van der Waals surface area contributed by atoms with Gasteiger partial charge < -0.3 is 9.47 Å². The van der Waals surface area contributed by atoms with Crippen LogP contribution in [0.2, 0.25) is 0 Å². The molecule has 1 saturated carbocycles. The Kier molecular flexibility index (Phi) is 5.57. The zero-order chi connectivity index (χ0) is 23.8. The van der Waals surface area contributed by atoms with Crippen molar-refractivity contribution in [2.75, 3.05) is 4.90 Å². The fourth-order valence-corrected chi connectivity index (χ4v) is 5.38. The van der Waals surface area contributed by atoms with E-state index in [9.17, 15) is 9.59 Å². The molecule has 3 aliphatic rings. The van der Waals surface area contributed by atoms with E-state index in [1.807, 2.05) is 66.7 Å². The Bertz CT molecular complexity index is 1270. The molecule has 0 saturated heterocycles. The molecule has 3 unspecified atom stereocenters. The van der Waals surface area contributed by atoms with E-state index in [1.54, 1.807) is 17.2 Å². The van der Waals surface area contributed by atoms with E-state index in [-0.39, 0.29) is 29.5 Å². The van der Waals surface area contributed by atoms with E-state index in [0.29, 0.717) is 18.0 Å². The minimum Gasteiger partial charge on any atom is -0.489 e.